The summed E-state index contributed by atoms with van der Waals surface area (Å²) in [5.74, 6) is -0.210. The van der Waals surface area contributed by atoms with Crippen LogP contribution in [0.5, 0.6) is 0 Å². The molecule has 1 saturated carbocycles. The van der Waals surface area contributed by atoms with Gasteiger partial charge < -0.3 is 5.32 Å². The van der Waals surface area contributed by atoms with Crippen molar-refractivity contribution in [3.63, 3.8) is 0 Å². The second-order valence-electron chi connectivity index (χ2n) is 5.08. The van der Waals surface area contributed by atoms with Gasteiger partial charge in [0.15, 0.2) is 0 Å². The molecule has 1 aromatic carbocycles. The fraction of sp³-hybridized carbons (Fsp3) is 0.385. The summed E-state index contributed by atoms with van der Waals surface area (Å²) in [6, 6.07) is 5.92. The standard InChI is InChI=1S/C13H12ClN3O3/c1-8-5-13(6-8,7-15)12(18)16-10-4-9(14)2-3-11(10)17(19)20/h2-4,8H,5-6H2,1H3,(H,16,18). The first kappa shape index (κ1) is 14.3. The number of nitrogens with zero attached hydrogens (tertiary/aromatic N) is 2. The minimum absolute atomic E-state index is 0.0154. The zero-order valence-electron chi connectivity index (χ0n) is 10.7. The van der Waals surface area contributed by atoms with Crippen molar-refractivity contribution in [2.45, 2.75) is 19.8 Å². The molecule has 0 heterocycles. The zero-order chi connectivity index (χ0) is 14.9. The molecule has 1 aromatic rings. The van der Waals surface area contributed by atoms with Crippen molar-refractivity contribution in [1.82, 2.24) is 0 Å². The van der Waals surface area contributed by atoms with Gasteiger partial charge in [-0.15, -0.1) is 0 Å². The maximum Gasteiger partial charge on any atom is 0.292 e. The van der Waals surface area contributed by atoms with E-state index in [1.165, 1.54) is 18.2 Å². The largest absolute Gasteiger partial charge is 0.319 e. The predicted molar refractivity (Wildman–Crippen MR) is 73.2 cm³/mol. The highest BCUT2D eigenvalue weighted by atomic mass is 35.5. The van der Waals surface area contributed by atoms with Crippen molar-refractivity contribution in [2.75, 3.05) is 5.32 Å². The molecular formula is C13H12ClN3O3. The van der Waals surface area contributed by atoms with Crippen LogP contribution in [0.2, 0.25) is 5.02 Å². The number of anilines is 1. The summed E-state index contributed by atoms with van der Waals surface area (Å²) in [5.41, 5.74) is -1.32. The third-order valence-corrected chi connectivity index (χ3v) is 3.68. The number of hydrogen-bond acceptors (Lipinski definition) is 4. The lowest BCUT2D eigenvalue weighted by atomic mass is 9.63. The molecule has 1 amide bonds. The van der Waals surface area contributed by atoms with Crippen LogP contribution in [-0.2, 0) is 4.79 Å². The number of rotatable bonds is 3. The van der Waals surface area contributed by atoms with Crippen LogP contribution in [0.25, 0.3) is 0 Å². The van der Waals surface area contributed by atoms with E-state index in [1.54, 1.807) is 0 Å². The number of benzene rings is 1. The molecule has 0 radical (unpaired) electrons. The van der Waals surface area contributed by atoms with Gasteiger partial charge in [0.2, 0.25) is 5.91 Å². The van der Waals surface area contributed by atoms with Crippen molar-refractivity contribution < 1.29 is 9.72 Å². The molecule has 0 aromatic heterocycles. The second-order valence-corrected chi connectivity index (χ2v) is 5.52. The lowest BCUT2D eigenvalue weighted by Crippen LogP contribution is -2.45. The predicted octanol–water partition coefficient (Wildman–Crippen LogP) is 3.13. The highest BCUT2D eigenvalue weighted by Crippen LogP contribution is 2.46. The molecule has 1 aliphatic carbocycles. The number of hydrogen-bond donors (Lipinski definition) is 1. The van der Waals surface area contributed by atoms with Crippen LogP contribution in [0.1, 0.15) is 19.8 Å². The summed E-state index contributed by atoms with van der Waals surface area (Å²) in [6.07, 6.45) is 0.924. The molecule has 0 unspecified atom stereocenters. The van der Waals surface area contributed by atoms with Crippen LogP contribution in [-0.4, -0.2) is 10.8 Å². The van der Waals surface area contributed by atoms with Crippen LogP contribution in [0.15, 0.2) is 18.2 Å². The Bertz CT molecular complexity index is 618. The summed E-state index contributed by atoms with van der Waals surface area (Å²) < 4.78 is 0. The van der Waals surface area contributed by atoms with E-state index >= 15 is 0 Å². The van der Waals surface area contributed by atoms with E-state index < -0.39 is 16.2 Å². The van der Waals surface area contributed by atoms with Gasteiger partial charge in [-0.3, -0.25) is 14.9 Å². The minimum Gasteiger partial charge on any atom is -0.319 e. The molecule has 1 fully saturated rings. The third kappa shape index (κ3) is 2.45. The normalized spacial score (nSPS) is 24.4. The van der Waals surface area contributed by atoms with Gasteiger partial charge in [0.25, 0.3) is 5.69 Å². The van der Waals surface area contributed by atoms with Gasteiger partial charge in [-0.2, -0.15) is 5.26 Å². The highest BCUT2D eigenvalue weighted by molar-refractivity contribution is 6.31. The summed E-state index contributed by atoms with van der Waals surface area (Å²) in [4.78, 5) is 22.5. The first-order valence-electron chi connectivity index (χ1n) is 6.04. The van der Waals surface area contributed by atoms with E-state index in [4.69, 9.17) is 16.9 Å². The number of amides is 1. The second kappa shape index (κ2) is 5.10. The van der Waals surface area contributed by atoms with E-state index in [9.17, 15) is 14.9 Å². The van der Waals surface area contributed by atoms with Gasteiger partial charge in [-0.25, -0.2) is 0 Å². The molecule has 0 atom stereocenters. The van der Waals surface area contributed by atoms with Crippen LogP contribution in [0, 0.1) is 32.8 Å². The SMILES string of the molecule is CC1CC(C#N)(C(=O)Nc2cc(Cl)ccc2[N+](=O)[O-])C1. The smallest absolute Gasteiger partial charge is 0.292 e. The number of halogens is 1. The first-order chi connectivity index (χ1) is 9.38. The summed E-state index contributed by atoms with van der Waals surface area (Å²) in [7, 11) is 0. The molecule has 1 aliphatic rings. The van der Waals surface area contributed by atoms with Crippen molar-refractivity contribution in [3.05, 3.63) is 33.3 Å². The van der Waals surface area contributed by atoms with Gasteiger partial charge in [-0.05, 0) is 30.9 Å². The zero-order valence-corrected chi connectivity index (χ0v) is 11.5. The van der Waals surface area contributed by atoms with Gasteiger partial charge >= 0.3 is 0 Å². The Kier molecular flexibility index (Phi) is 3.64. The molecule has 0 bridgehead atoms. The Hall–Kier alpha value is -2.13. The topological polar surface area (TPSA) is 96.0 Å². The summed E-state index contributed by atoms with van der Waals surface area (Å²) in [6.45, 7) is 1.95. The van der Waals surface area contributed by atoms with E-state index in [2.05, 4.69) is 5.32 Å². The minimum atomic E-state index is -1.09. The number of nitriles is 1. The fourth-order valence-corrected chi connectivity index (χ4v) is 2.64. The molecular weight excluding hydrogens is 282 g/mol. The molecule has 2 rings (SSSR count). The Morgan fingerprint density at radius 3 is 2.75 bits per heavy atom. The van der Waals surface area contributed by atoms with Gasteiger partial charge in [-0.1, -0.05) is 18.5 Å². The number of carbonyl (C=O) groups excluding carboxylic acids is 1. The number of carbonyl (C=O) groups is 1. The Balaban J connectivity index is 2.26. The van der Waals surface area contributed by atoms with Gasteiger partial charge in [0.05, 0.1) is 11.0 Å². The highest BCUT2D eigenvalue weighted by Gasteiger charge is 2.49. The molecule has 7 heteroatoms. The van der Waals surface area contributed by atoms with Crippen molar-refractivity contribution >= 4 is 28.9 Å². The molecule has 0 aliphatic heterocycles. The van der Waals surface area contributed by atoms with E-state index in [-0.39, 0.29) is 16.4 Å². The van der Waals surface area contributed by atoms with E-state index in [1.807, 2.05) is 13.0 Å². The monoisotopic (exact) mass is 293 g/mol. The Labute approximate surface area is 120 Å². The number of nitro benzene ring substituents is 1. The van der Waals surface area contributed by atoms with Crippen molar-refractivity contribution in [2.24, 2.45) is 11.3 Å². The van der Waals surface area contributed by atoms with Crippen molar-refractivity contribution in [3.8, 4) is 6.07 Å². The Morgan fingerprint density at radius 2 is 2.25 bits per heavy atom. The number of nitro groups is 1. The first-order valence-corrected chi connectivity index (χ1v) is 6.42. The van der Waals surface area contributed by atoms with E-state index in [0.717, 1.165) is 0 Å². The quantitative estimate of drug-likeness (QED) is 0.684. The summed E-state index contributed by atoms with van der Waals surface area (Å²) in [5, 5.41) is 22.8. The third-order valence-electron chi connectivity index (χ3n) is 3.45. The van der Waals surface area contributed by atoms with Gasteiger partial charge in [0, 0.05) is 11.1 Å². The van der Waals surface area contributed by atoms with E-state index in [0.29, 0.717) is 18.8 Å². The van der Waals surface area contributed by atoms with Gasteiger partial charge in [0.1, 0.15) is 11.1 Å². The molecule has 6 nitrogen and oxygen atoms in total. The van der Waals surface area contributed by atoms with Crippen LogP contribution in [0.4, 0.5) is 11.4 Å². The maximum absolute atomic E-state index is 12.2. The van der Waals surface area contributed by atoms with Crippen molar-refractivity contribution in [1.29, 1.82) is 5.26 Å². The average Bonchev–Trinajstić information content (AvgIpc) is 2.34. The molecule has 0 saturated heterocycles. The fourth-order valence-electron chi connectivity index (χ4n) is 2.47. The lowest BCUT2D eigenvalue weighted by molar-refractivity contribution is -0.383. The molecule has 0 spiro atoms. The lowest BCUT2D eigenvalue weighted by Gasteiger charge is -2.39. The average molecular weight is 294 g/mol. The van der Waals surface area contributed by atoms with Crippen LogP contribution >= 0.6 is 11.6 Å². The van der Waals surface area contributed by atoms with Crippen LogP contribution < -0.4 is 5.32 Å². The molecule has 104 valence electrons. The maximum atomic E-state index is 12.2. The Morgan fingerprint density at radius 1 is 1.60 bits per heavy atom. The number of nitrogens with one attached hydrogen (secondary N) is 1. The summed E-state index contributed by atoms with van der Waals surface area (Å²) >= 11 is 5.79. The van der Waals surface area contributed by atoms with Crippen LogP contribution in [0.3, 0.4) is 0 Å². The molecule has 1 N–H and O–H groups in total. The molecule has 20 heavy (non-hydrogen) atoms.